The topological polar surface area (TPSA) is 46.0 Å². The second kappa shape index (κ2) is 13.4. The molecule has 6 rings (SSSR count). The van der Waals surface area contributed by atoms with E-state index in [9.17, 15) is 5.11 Å². The van der Waals surface area contributed by atoms with E-state index >= 15 is 0 Å². The van der Waals surface area contributed by atoms with Gasteiger partial charge in [-0.25, -0.2) is 0 Å². The number of hydrogen-bond donors (Lipinski definition) is 1. The van der Waals surface area contributed by atoms with Gasteiger partial charge in [0.05, 0.1) is 5.69 Å². The predicted molar refractivity (Wildman–Crippen MR) is 162 cm³/mol. The van der Waals surface area contributed by atoms with Gasteiger partial charge >= 0.3 is 0 Å². The Morgan fingerprint density at radius 3 is 2.35 bits per heavy atom. The van der Waals surface area contributed by atoms with E-state index in [1.54, 1.807) is 12.3 Å². The van der Waals surface area contributed by atoms with Gasteiger partial charge in [0.15, 0.2) is 0 Å². The van der Waals surface area contributed by atoms with Crippen LogP contribution in [-0.4, -0.2) is 15.1 Å². The van der Waals surface area contributed by atoms with E-state index in [-0.39, 0.29) is 25.9 Å². The normalized spacial score (nSPS) is 14.4. The summed E-state index contributed by atoms with van der Waals surface area (Å²) in [5.74, 6) is -0.152. The number of phenols is 1. The number of aromatic hydroxyl groups is 1. The summed E-state index contributed by atoms with van der Waals surface area (Å²) in [7, 11) is 0. The molecule has 5 aromatic rings. The van der Waals surface area contributed by atoms with E-state index in [4.69, 9.17) is 1.37 Å². The van der Waals surface area contributed by atoms with Gasteiger partial charge in [-0.15, -0.1) is 34.9 Å². The zero-order valence-corrected chi connectivity index (χ0v) is 26.1. The third-order valence-electron chi connectivity index (χ3n) is 7.44. The number of aromatic nitrogens is 2. The van der Waals surface area contributed by atoms with Crippen molar-refractivity contribution in [3.63, 3.8) is 0 Å². The van der Waals surface area contributed by atoms with Crippen molar-refractivity contribution in [2.24, 2.45) is 0 Å². The van der Waals surface area contributed by atoms with Crippen molar-refractivity contribution in [1.29, 1.82) is 0 Å². The largest absolute Gasteiger partial charge is 0.507 e. The van der Waals surface area contributed by atoms with E-state index < -0.39 is 5.89 Å². The molecule has 1 fully saturated rings. The quantitative estimate of drug-likeness (QED) is 0.190. The van der Waals surface area contributed by atoms with Crippen LogP contribution >= 0.6 is 0 Å². The van der Waals surface area contributed by atoms with Crippen LogP contribution in [0, 0.1) is 33.8 Å². The molecule has 0 aliphatic heterocycles. The minimum Gasteiger partial charge on any atom is -0.507 e. The molecule has 2 heterocycles. The van der Waals surface area contributed by atoms with Crippen molar-refractivity contribution in [2.45, 2.75) is 65.7 Å². The molecule has 0 bridgehead atoms. The zero-order valence-electron chi connectivity index (χ0n) is 24.7. The second-order valence-electron chi connectivity index (χ2n) is 10.7. The first kappa shape index (κ1) is 28.2. The molecule has 207 valence electrons. The minimum absolute atomic E-state index is 0. The molecule has 4 heteroatoms. The molecule has 0 unspecified atom stereocenters. The fourth-order valence-corrected chi connectivity index (χ4v) is 5.57. The standard InChI is InChI=1S/C24H26N.C12H11NO.Ir/c1-16-11-17(2)13-21(12-16)24-23-14-18(3)22(15-20(23)9-10-25-24)19-7-5-4-6-8-19;1-9-5-6-12(14)10(8-9)11-4-2-3-7-13-11;/h9-12,14-15,19H,4-8H2,1-3H3;2-8,14H,1H3;/q-1;;/i19D;;. The van der Waals surface area contributed by atoms with Crippen LogP contribution in [0.2, 0.25) is 0 Å². The monoisotopic (exact) mass is 707 g/mol. The Balaban J connectivity index is 0.000000219. The van der Waals surface area contributed by atoms with Crippen molar-refractivity contribution >= 4 is 10.8 Å². The van der Waals surface area contributed by atoms with E-state index in [1.165, 1.54) is 41.3 Å². The third-order valence-corrected chi connectivity index (χ3v) is 7.44. The summed E-state index contributed by atoms with van der Waals surface area (Å²) in [4.78, 5) is 8.87. The van der Waals surface area contributed by atoms with Crippen molar-refractivity contribution in [1.82, 2.24) is 9.97 Å². The number of pyridine rings is 2. The molecule has 0 atom stereocenters. The number of nitrogens with zero attached hydrogens (tertiary/aromatic N) is 2. The van der Waals surface area contributed by atoms with Crippen LogP contribution < -0.4 is 0 Å². The average Bonchev–Trinajstić information content (AvgIpc) is 2.94. The Hall–Kier alpha value is -3.33. The van der Waals surface area contributed by atoms with Gasteiger partial charge in [-0.1, -0.05) is 62.9 Å². The third kappa shape index (κ3) is 6.86. The Morgan fingerprint density at radius 1 is 0.825 bits per heavy atom. The molecule has 1 aliphatic carbocycles. The number of fused-ring (bicyclic) bond motifs is 1. The van der Waals surface area contributed by atoms with Crippen molar-refractivity contribution in [3.05, 3.63) is 113 Å². The smallest absolute Gasteiger partial charge is 0.124 e. The van der Waals surface area contributed by atoms with Crippen LogP contribution in [0.1, 0.15) is 67.2 Å². The predicted octanol–water partition coefficient (Wildman–Crippen LogP) is 9.44. The Morgan fingerprint density at radius 2 is 1.62 bits per heavy atom. The number of aryl methyl sites for hydroxylation is 4. The summed E-state index contributed by atoms with van der Waals surface area (Å²) >= 11 is 0. The zero-order chi connectivity index (χ0) is 28.3. The molecule has 1 saturated carbocycles. The van der Waals surface area contributed by atoms with Crippen molar-refractivity contribution in [2.75, 3.05) is 0 Å². The SMILES string of the molecule is Cc1ccc(O)c(-c2ccccn2)c1.[2H]C1(c2cc3ccnc(-c4[c-]c(C)cc(C)c4)c3cc2C)CCCCC1.[Ir]. The second-order valence-corrected chi connectivity index (χ2v) is 10.7. The molecular weight excluding hydrogens is 669 g/mol. The van der Waals surface area contributed by atoms with Crippen LogP contribution in [-0.2, 0) is 20.1 Å². The number of rotatable bonds is 3. The first-order valence-electron chi connectivity index (χ1n) is 14.4. The molecule has 40 heavy (non-hydrogen) atoms. The molecule has 1 radical (unpaired) electrons. The van der Waals surface area contributed by atoms with Gasteiger partial charge in [-0.05, 0) is 90.5 Å². The van der Waals surface area contributed by atoms with Crippen molar-refractivity contribution < 1.29 is 26.6 Å². The molecule has 0 amide bonds. The van der Waals surface area contributed by atoms with Gasteiger partial charge in [0, 0.05) is 39.4 Å². The van der Waals surface area contributed by atoms with E-state index in [1.807, 2.05) is 43.5 Å². The maximum absolute atomic E-state index is 9.65. The summed E-state index contributed by atoms with van der Waals surface area (Å²) in [6.07, 6.45) is 9.16. The molecule has 3 aromatic carbocycles. The van der Waals surface area contributed by atoms with Crippen molar-refractivity contribution in [3.8, 4) is 28.3 Å². The molecule has 1 N–H and O–H groups in total. The van der Waals surface area contributed by atoms with Gasteiger partial charge in [0.1, 0.15) is 5.75 Å². The molecule has 2 aromatic heterocycles. The number of hydrogen-bond acceptors (Lipinski definition) is 3. The van der Waals surface area contributed by atoms with E-state index in [0.29, 0.717) is 0 Å². The fourth-order valence-electron chi connectivity index (χ4n) is 5.57. The van der Waals surface area contributed by atoms with Crippen LogP contribution in [0.15, 0.2) is 79.1 Å². The summed E-state index contributed by atoms with van der Waals surface area (Å²) < 4.78 is 9.03. The van der Waals surface area contributed by atoms with E-state index in [2.05, 4.69) is 67.1 Å². The fraction of sp³-hybridized carbons (Fsp3) is 0.278. The first-order valence-corrected chi connectivity index (χ1v) is 13.9. The maximum atomic E-state index is 9.65. The minimum atomic E-state index is -0.425. The van der Waals surface area contributed by atoms with Gasteiger partial charge in [-0.2, -0.15) is 0 Å². The van der Waals surface area contributed by atoms with Gasteiger partial charge in [-0.3, -0.25) is 4.98 Å². The summed E-state index contributed by atoms with van der Waals surface area (Å²) in [6, 6.07) is 25.5. The average molecular weight is 707 g/mol. The van der Waals surface area contributed by atoms with Crippen LogP contribution in [0.3, 0.4) is 0 Å². The number of benzene rings is 3. The summed E-state index contributed by atoms with van der Waals surface area (Å²) in [5.41, 5.74) is 9.53. The number of phenolic OH excluding ortho intramolecular Hbond substituents is 1. The molecule has 0 saturated heterocycles. The molecular formula is C36H37IrN2O-. The Labute approximate surface area is 253 Å². The summed E-state index contributed by atoms with van der Waals surface area (Å²) in [6.45, 7) is 8.34. The van der Waals surface area contributed by atoms with Crippen LogP contribution in [0.5, 0.6) is 5.75 Å². The van der Waals surface area contributed by atoms with E-state index in [0.717, 1.165) is 51.9 Å². The Kier molecular flexibility index (Phi) is 9.41. The summed E-state index contributed by atoms with van der Waals surface area (Å²) in [5, 5.41) is 12.0. The molecule has 3 nitrogen and oxygen atoms in total. The molecule has 1 aliphatic rings. The maximum Gasteiger partial charge on any atom is 0.124 e. The van der Waals surface area contributed by atoms with Crippen LogP contribution in [0.4, 0.5) is 0 Å². The van der Waals surface area contributed by atoms with Gasteiger partial charge in [0.2, 0.25) is 0 Å². The first-order chi connectivity index (χ1) is 19.2. The van der Waals surface area contributed by atoms with Crippen LogP contribution in [0.25, 0.3) is 33.3 Å². The Bertz CT molecular complexity index is 1630. The van der Waals surface area contributed by atoms with Gasteiger partial charge < -0.3 is 10.1 Å². The molecule has 0 spiro atoms. The van der Waals surface area contributed by atoms with Gasteiger partial charge in [0.25, 0.3) is 0 Å².